The molecule has 5 heteroatoms. The van der Waals surface area contributed by atoms with Crippen molar-refractivity contribution in [1.82, 2.24) is 4.98 Å². The van der Waals surface area contributed by atoms with E-state index >= 15 is 0 Å². The largest absolute Gasteiger partial charge is 0.396 e. The molecule has 0 spiro atoms. The van der Waals surface area contributed by atoms with E-state index in [0.29, 0.717) is 10.9 Å². The number of anilines is 1. The molecule has 0 amide bonds. The number of hydrogen-bond acceptors (Lipinski definition) is 4. The molecule has 1 fully saturated rings. The number of aromatic nitrogens is 1. The zero-order chi connectivity index (χ0) is 13.0. The van der Waals surface area contributed by atoms with Crippen LogP contribution in [0.2, 0.25) is 5.02 Å². The summed E-state index contributed by atoms with van der Waals surface area (Å²) in [7, 11) is 0. The summed E-state index contributed by atoms with van der Waals surface area (Å²) in [6.45, 7) is 2.07. The van der Waals surface area contributed by atoms with Gasteiger partial charge < -0.3 is 10.0 Å². The number of pyridine rings is 1. The average molecular weight is 266 g/mol. The van der Waals surface area contributed by atoms with Crippen molar-refractivity contribution >= 4 is 17.4 Å². The Morgan fingerprint density at radius 1 is 1.56 bits per heavy atom. The van der Waals surface area contributed by atoms with Crippen LogP contribution in [0.3, 0.4) is 0 Å². The average Bonchev–Trinajstić information content (AvgIpc) is 2.40. The summed E-state index contributed by atoms with van der Waals surface area (Å²) < 4.78 is 0. The van der Waals surface area contributed by atoms with Gasteiger partial charge in [0, 0.05) is 19.7 Å². The zero-order valence-corrected chi connectivity index (χ0v) is 10.9. The van der Waals surface area contributed by atoms with Crippen LogP contribution in [0, 0.1) is 17.2 Å². The first kappa shape index (κ1) is 13.1. The van der Waals surface area contributed by atoms with Crippen LogP contribution in [0.1, 0.15) is 25.0 Å². The molecule has 0 bridgehead atoms. The molecular weight excluding hydrogens is 250 g/mol. The second-order valence-electron chi connectivity index (χ2n) is 4.58. The minimum atomic E-state index is 0.232. The number of rotatable bonds is 3. The van der Waals surface area contributed by atoms with Gasteiger partial charge in [0.15, 0.2) is 5.69 Å². The molecule has 2 heterocycles. The van der Waals surface area contributed by atoms with Crippen molar-refractivity contribution in [1.29, 1.82) is 5.26 Å². The van der Waals surface area contributed by atoms with E-state index in [4.69, 9.17) is 22.0 Å². The van der Waals surface area contributed by atoms with Gasteiger partial charge in [-0.2, -0.15) is 5.26 Å². The summed E-state index contributed by atoms with van der Waals surface area (Å²) in [6, 6.07) is 5.57. The Hall–Kier alpha value is -1.31. The quantitative estimate of drug-likeness (QED) is 0.910. The first-order valence-corrected chi connectivity index (χ1v) is 6.55. The number of hydrogen-bond donors (Lipinski definition) is 1. The van der Waals surface area contributed by atoms with Crippen LogP contribution < -0.4 is 4.90 Å². The van der Waals surface area contributed by atoms with E-state index in [1.165, 1.54) is 0 Å². The molecule has 1 saturated heterocycles. The molecule has 18 heavy (non-hydrogen) atoms. The third-order valence-electron chi connectivity index (χ3n) is 3.32. The van der Waals surface area contributed by atoms with Crippen LogP contribution in [-0.2, 0) is 0 Å². The number of aliphatic hydroxyl groups is 1. The maximum absolute atomic E-state index is 9.00. The Kier molecular flexibility index (Phi) is 4.40. The topological polar surface area (TPSA) is 60.2 Å². The van der Waals surface area contributed by atoms with Crippen LogP contribution in [0.4, 0.5) is 5.82 Å². The van der Waals surface area contributed by atoms with Crippen molar-refractivity contribution in [2.24, 2.45) is 5.92 Å². The molecule has 1 atom stereocenters. The van der Waals surface area contributed by atoms with Crippen molar-refractivity contribution < 1.29 is 5.11 Å². The molecule has 2 rings (SSSR count). The van der Waals surface area contributed by atoms with Gasteiger partial charge in [0.2, 0.25) is 0 Å². The molecule has 1 aromatic heterocycles. The van der Waals surface area contributed by atoms with Gasteiger partial charge in [0.25, 0.3) is 0 Å². The van der Waals surface area contributed by atoms with Gasteiger partial charge in [0.1, 0.15) is 11.9 Å². The molecule has 1 aliphatic heterocycles. The van der Waals surface area contributed by atoms with Crippen molar-refractivity contribution in [3.05, 3.63) is 22.8 Å². The van der Waals surface area contributed by atoms with Crippen LogP contribution in [-0.4, -0.2) is 29.8 Å². The lowest BCUT2D eigenvalue weighted by atomic mass is 9.95. The van der Waals surface area contributed by atoms with E-state index in [0.717, 1.165) is 38.2 Å². The van der Waals surface area contributed by atoms with E-state index in [1.807, 2.05) is 12.1 Å². The molecule has 96 valence electrons. The second kappa shape index (κ2) is 6.03. The van der Waals surface area contributed by atoms with Gasteiger partial charge in [-0.15, -0.1) is 0 Å². The van der Waals surface area contributed by atoms with Gasteiger partial charge in [0.05, 0.1) is 5.02 Å². The number of nitrogens with zero attached hydrogens (tertiary/aromatic N) is 3. The Bertz CT molecular complexity index is 456. The first-order chi connectivity index (χ1) is 8.74. The lowest BCUT2D eigenvalue weighted by Crippen LogP contribution is -2.36. The minimum Gasteiger partial charge on any atom is -0.396 e. The smallest absolute Gasteiger partial charge is 0.161 e. The minimum absolute atomic E-state index is 0.232. The highest BCUT2D eigenvalue weighted by Gasteiger charge is 2.21. The molecular formula is C13H16ClN3O. The highest BCUT2D eigenvalue weighted by Crippen LogP contribution is 2.25. The van der Waals surface area contributed by atoms with Crippen molar-refractivity contribution in [2.45, 2.75) is 19.3 Å². The van der Waals surface area contributed by atoms with Gasteiger partial charge in [-0.1, -0.05) is 11.6 Å². The number of aliphatic hydroxyl groups excluding tert-OH is 1. The molecule has 1 unspecified atom stereocenters. The Morgan fingerprint density at radius 3 is 3.11 bits per heavy atom. The summed E-state index contributed by atoms with van der Waals surface area (Å²) in [5, 5.41) is 18.3. The number of halogens is 1. The Labute approximate surface area is 112 Å². The summed E-state index contributed by atoms with van der Waals surface area (Å²) >= 11 is 5.88. The SMILES string of the molecule is N#Cc1nc(N2CCCC(CCO)C2)ccc1Cl. The maximum Gasteiger partial charge on any atom is 0.161 e. The fourth-order valence-corrected chi connectivity index (χ4v) is 2.53. The highest BCUT2D eigenvalue weighted by molar-refractivity contribution is 6.31. The predicted octanol–water partition coefficient (Wildman–Crippen LogP) is 2.21. The van der Waals surface area contributed by atoms with Gasteiger partial charge in [-0.25, -0.2) is 4.98 Å². The molecule has 0 saturated carbocycles. The summed E-state index contributed by atoms with van der Waals surface area (Å²) in [4.78, 5) is 6.45. The van der Waals surface area contributed by atoms with Gasteiger partial charge >= 0.3 is 0 Å². The van der Waals surface area contributed by atoms with Gasteiger partial charge in [-0.3, -0.25) is 0 Å². The lowest BCUT2D eigenvalue weighted by molar-refractivity contribution is 0.244. The van der Waals surface area contributed by atoms with Crippen LogP contribution in [0.15, 0.2) is 12.1 Å². The molecule has 4 nitrogen and oxygen atoms in total. The van der Waals surface area contributed by atoms with Crippen LogP contribution >= 0.6 is 11.6 Å². The van der Waals surface area contributed by atoms with E-state index in [1.54, 1.807) is 6.07 Å². The van der Waals surface area contributed by atoms with Crippen molar-refractivity contribution in [3.8, 4) is 6.07 Å². The highest BCUT2D eigenvalue weighted by atomic mass is 35.5. The normalized spacial score (nSPS) is 19.6. The molecule has 0 radical (unpaired) electrons. The molecule has 0 aliphatic carbocycles. The molecule has 1 N–H and O–H groups in total. The monoisotopic (exact) mass is 265 g/mol. The Balaban J connectivity index is 2.13. The van der Waals surface area contributed by atoms with Gasteiger partial charge in [-0.05, 0) is 37.3 Å². The Morgan fingerprint density at radius 2 is 2.39 bits per heavy atom. The summed E-state index contributed by atoms with van der Waals surface area (Å²) in [6.07, 6.45) is 3.07. The third kappa shape index (κ3) is 2.92. The number of nitriles is 1. The fraction of sp³-hybridized carbons (Fsp3) is 0.538. The molecule has 1 aromatic rings. The molecule has 1 aliphatic rings. The number of piperidine rings is 1. The molecule has 0 aromatic carbocycles. The lowest BCUT2D eigenvalue weighted by Gasteiger charge is -2.33. The first-order valence-electron chi connectivity index (χ1n) is 6.17. The van der Waals surface area contributed by atoms with Crippen LogP contribution in [0.25, 0.3) is 0 Å². The van der Waals surface area contributed by atoms with Crippen molar-refractivity contribution in [2.75, 3.05) is 24.6 Å². The van der Waals surface area contributed by atoms with E-state index in [2.05, 4.69) is 9.88 Å². The van der Waals surface area contributed by atoms with E-state index in [-0.39, 0.29) is 12.3 Å². The summed E-state index contributed by atoms with van der Waals surface area (Å²) in [5.41, 5.74) is 0.276. The van der Waals surface area contributed by atoms with E-state index < -0.39 is 0 Å². The third-order valence-corrected chi connectivity index (χ3v) is 3.62. The second-order valence-corrected chi connectivity index (χ2v) is 4.99. The van der Waals surface area contributed by atoms with Crippen LogP contribution in [0.5, 0.6) is 0 Å². The van der Waals surface area contributed by atoms with Crippen molar-refractivity contribution in [3.63, 3.8) is 0 Å². The fourth-order valence-electron chi connectivity index (χ4n) is 2.38. The summed E-state index contributed by atoms with van der Waals surface area (Å²) in [5.74, 6) is 1.31. The van der Waals surface area contributed by atoms with E-state index in [9.17, 15) is 0 Å². The maximum atomic E-state index is 9.00. The zero-order valence-electron chi connectivity index (χ0n) is 10.1. The standard InChI is InChI=1S/C13H16ClN3O/c14-11-3-4-13(16-12(11)8-15)17-6-1-2-10(9-17)5-7-18/h3-4,10,18H,1-2,5-7,9H2. The predicted molar refractivity (Wildman–Crippen MR) is 70.6 cm³/mol.